The van der Waals surface area contributed by atoms with Crippen molar-refractivity contribution in [3.05, 3.63) is 88.2 Å². The molecule has 16 nitrogen and oxygen atoms in total. The summed E-state index contributed by atoms with van der Waals surface area (Å²) >= 11 is 6.93. The number of carbonyl (C=O) groups excluding carboxylic acids is 6. The van der Waals surface area contributed by atoms with Gasteiger partial charge in [0.25, 0.3) is 11.8 Å². The maximum Gasteiger partial charge on any atom is 0.410 e. The lowest BCUT2D eigenvalue weighted by Crippen LogP contribution is -2.50. The Kier molecular flexibility index (Phi) is 18.1. The van der Waals surface area contributed by atoms with Crippen molar-refractivity contribution in [3.63, 3.8) is 0 Å². The molecule has 406 valence electrons. The second-order valence-electron chi connectivity index (χ2n) is 21.6. The number of likely N-dealkylation sites (tertiary alicyclic amines) is 1. The number of piperidine rings is 1. The number of rotatable bonds is 16. The van der Waals surface area contributed by atoms with Crippen molar-refractivity contribution in [2.45, 2.75) is 129 Å². The van der Waals surface area contributed by atoms with Crippen molar-refractivity contribution in [2.75, 3.05) is 39.0 Å². The molecule has 0 spiro atoms. The number of alkyl halides is 4. The fourth-order valence-electron chi connectivity index (χ4n) is 8.99. The zero-order valence-corrected chi connectivity index (χ0v) is 44.6. The molecule has 1 saturated heterocycles. The first-order chi connectivity index (χ1) is 35.0. The SMILES string of the molecule is Cc1c(C(=O)NC2CCN(C(=O)OC(C)(C)C)CC2)ccc(-c2ccc(C[C@H](CC(=O)C3CCC(CNC(=O)OC(C)(C)C)CC3)C(=O)Nc3ccc(-c4n[nH]c(C(F)(F)C(F)(F)C(=O)N(C)C)n4)cc3)cc2)c1Cl. The van der Waals surface area contributed by atoms with E-state index in [9.17, 15) is 46.3 Å². The van der Waals surface area contributed by atoms with Gasteiger partial charge in [0, 0.05) is 80.4 Å². The number of Topliss-reactive ketones (excluding diaryl/α,β-unsaturated/α-hetero) is 1. The van der Waals surface area contributed by atoms with E-state index in [1.807, 2.05) is 50.1 Å². The summed E-state index contributed by atoms with van der Waals surface area (Å²) in [5, 5.41) is 14.6. The summed E-state index contributed by atoms with van der Waals surface area (Å²) in [4.78, 5) is 83.9. The number of halogens is 5. The average Bonchev–Trinajstić information content (AvgIpc) is 3.85. The summed E-state index contributed by atoms with van der Waals surface area (Å²) in [6.07, 6.45) is 2.90. The molecule has 2 aliphatic rings. The van der Waals surface area contributed by atoms with Crippen LogP contribution in [0.15, 0.2) is 60.7 Å². The minimum absolute atomic E-state index is 0.0756. The number of ether oxygens (including phenoxy) is 2. The molecule has 0 radical (unpaired) electrons. The van der Waals surface area contributed by atoms with E-state index in [1.165, 1.54) is 24.3 Å². The molecular formula is C54H67ClF4N8O8. The van der Waals surface area contributed by atoms with E-state index in [-0.39, 0.29) is 65.6 Å². The number of nitrogens with one attached hydrogen (secondary N) is 4. The predicted molar refractivity (Wildman–Crippen MR) is 274 cm³/mol. The second-order valence-corrected chi connectivity index (χ2v) is 22.0. The third kappa shape index (κ3) is 14.8. The first-order valence-electron chi connectivity index (χ1n) is 25.0. The van der Waals surface area contributed by atoms with Crippen LogP contribution in [0.1, 0.15) is 114 Å². The molecule has 1 aliphatic heterocycles. The summed E-state index contributed by atoms with van der Waals surface area (Å²) in [6.45, 7) is 13.9. The number of carbonyl (C=O) groups is 6. The molecule has 0 unspecified atom stereocenters. The summed E-state index contributed by atoms with van der Waals surface area (Å²) in [5.41, 5.74) is 2.36. The molecule has 5 amide bonds. The molecule has 21 heteroatoms. The Hall–Kier alpha value is -6.57. The Morgan fingerprint density at radius 2 is 1.41 bits per heavy atom. The van der Waals surface area contributed by atoms with Gasteiger partial charge in [0.15, 0.2) is 5.82 Å². The monoisotopic (exact) mass is 1070 g/mol. The van der Waals surface area contributed by atoms with Crippen molar-refractivity contribution >= 4 is 53.0 Å². The summed E-state index contributed by atoms with van der Waals surface area (Å²) < 4.78 is 69.7. The number of H-pyrrole nitrogens is 1. The van der Waals surface area contributed by atoms with Gasteiger partial charge in [-0.1, -0.05) is 41.9 Å². The van der Waals surface area contributed by atoms with Gasteiger partial charge < -0.3 is 35.2 Å². The highest BCUT2D eigenvalue weighted by Crippen LogP contribution is 2.43. The smallest absolute Gasteiger partial charge is 0.410 e. The predicted octanol–water partition coefficient (Wildman–Crippen LogP) is 10.1. The van der Waals surface area contributed by atoms with Gasteiger partial charge >= 0.3 is 24.0 Å². The molecule has 1 aliphatic carbocycles. The lowest BCUT2D eigenvalue weighted by atomic mass is 9.77. The quantitative estimate of drug-likeness (QED) is 0.0782. The number of alkyl carbamates (subject to hydrolysis) is 1. The first kappa shape index (κ1) is 57.7. The Bertz CT molecular complexity index is 2710. The van der Waals surface area contributed by atoms with E-state index in [4.69, 9.17) is 21.1 Å². The number of amides is 5. The summed E-state index contributed by atoms with van der Waals surface area (Å²) in [6, 6.07) is 16.4. The first-order valence-corrected chi connectivity index (χ1v) is 25.4. The zero-order valence-electron chi connectivity index (χ0n) is 43.8. The van der Waals surface area contributed by atoms with Gasteiger partial charge in [-0.3, -0.25) is 24.3 Å². The molecular weight excluding hydrogens is 1000 g/mol. The van der Waals surface area contributed by atoms with E-state index < -0.39 is 52.7 Å². The minimum atomic E-state index is -5.12. The Balaban J connectivity index is 1.13. The highest BCUT2D eigenvalue weighted by atomic mass is 35.5. The molecule has 75 heavy (non-hydrogen) atoms. The van der Waals surface area contributed by atoms with Crippen LogP contribution in [0.5, 0.6) is 0 Å². The van der Waals surface area contributed by atoms with Gasteiger partial charge in [-0.15, -0.1) is 0 Å². The molecule has 6 rings (SSSR count). The highest BCUT2D eigenvalue weighted by molar-refractivity contribution is 6.34. The highest BCUT2D eigenvalue weighted by Gasteiger charge is 2.65. The molecule has 2 fully saturated rings. The summed E-state index contributed by atoms with van der Waals surface area (Å²) in [7, 11) is 1.85. The van der Waals surface area contributed by atoms with Crippen molar-refractivity contribution in [2.24, 2.45) is 17.8 Å². The number of aromatic amines is 1. The molecule has 3 aromatic carbocycles. The lowest BCUT2D eigenvalue weighted by Gasteiger charge is -2.33. The third-order valence-corrected chi connectivity index (χ3v) is 13.7. The number of nitrogens with zero attached hydrogens (tertiary/aromatic N) is 4. The van der Waals surface area contributed by atoms with Crippen molar-refractivity contribution in [3.8, 4) is 22.5 Å². The molecule has 0 bridgehead atoms. The van der Waals surface area contributed by atoms with Crippen LogP contribution in [-0.4, -0.2) is 118 Å². The van der Waals surface area contributed by atoms with E-state index in [0.29, 0.717) is 84.8 Å². The van der Waals surface area contributed by atoms with Crippen molar-refractivity contribution in [1.29, 1.82) is 0 Å². The largest absolute Gasteiger partial charge is 0.444 e. The normalized spacial score (nSPS) is 17.1. The second kappa shape index (κ2) is 23.5. The van der Waals surface area contributed by atoms with Crippen LogP contribution in [-0.2, 0) is 36.2 Å². The third-order valence-electron chi connectivity index (χ3n) is 13.2. The maximum absolute atomic E-state index is 14.9. The van der Waals surface area contributed by atoms with Gasteiger partial charge in [-0.05, 0) is 146 Å². The van der Waals surface area contributed by atoms with Gasteiger partial charge in [0.05, 0.1) is 5.02 Å². The Morgan fingerprint density at radius 3 is 2.00 bits per heavy atom. The number of aromatic nitrogens is 3. The number of hydrogen-bond donors (Lipinski definition) is 4. The number of benzene rings is 3. The fraction of sp³-hybridized carbons (Fsp3) is 0.519. The van der Waals surface area contributed by atoms with Gasteiger partial charge in [0.2, 0.25) is 11.7 Å². The standard InChI is InChI=1S/C54H67ClF4N8O8/c1-31-40(46(70)62-39-24-26-67(27-25-39)50(73)75-52(5,6)7)22-23-41(43(31)55)34-14-10-32(11-15-34)28-37(29-42(68)35-16-12-33(13-17-35)30-60-49(72)74-51(2,3)4)45(69)61-38-20-18-36(19-21-38)44-63-47(65-64-44)53(56,57)54(58,59)48(71)66(8)9/h10-11,14-15,18-23,33,35,37,39H,12-13,16-17,24-30H2,1-9H3,(H,60,72)(H,61,69)(H,62,70)(H,63,64,65)/t33?,35?,37-/m1/s1. The molecule has 4 N–H and O–H groups in total. The molecule has 4 aromatic rings. The van der Waals surface area contributed by atoms with Crippen molar-refractivity contribution < 1.29 is 55.8 Å². The van der Waals surface area contributed by atoms with Crippen LogP contribution in [0.3, 0.4) is 0 Å². The molecule has 1 aromatic heterocycles. The minimum Gasteiger partial charge on any atom is -0.444 e. The average molecular weight is 1070 g/mol. The lowest BCUT2D eigenvalue weighted by molar-refractivity contribution is -0.224. The van der Waals surface area contributed by atoms with E-state index in [1.54, 1.807) is 44.7 Å². The van der Waals surface area contributed by atoms with Crippen LogP contribution in [0, 0.1) is 24.7 Å². The van der Waals surface area contributed by atoms with Crippen LogP contribution < -0.4 is 16.0 Å². The van der Waals surface area contributed by atoms with Gasteiger partial charge in [-0.25, -0.2) is 14.6 Å². The number of hydrogen-bond acceptors (Lipinski definition) is 10. The Labute approximate surface area is 439 Å². The van der Waals surface area contributed by atoms with Gasteiger partial charge in [0.1, 0.15) is 17.0 Å². The summed E-state index contributed by atoms with van der Waals surface area (Å²) in [5.74, 6) is -15.9. The van der Waals surface area contributed by atoms with E-state index in [2.05, 4.69) is 26.0 Å². The van der Waals surface area contributed by atoms with Crippen LogP contribution >= 0.6 is 11.6 Å². The van der Waals surface area contributed by atoms with E-state index in [0.717, 1.165) is 25.2 Å². The molecule has 2 heterocycles. The van der Waals surface area contributed by atoms with Crippen LogP contribution in [0.2, 0.25) is 5.02 Å². The van der Waals surface area contributed by atoms with Crippen LogP contribution in [0.4, 0.5) is 32.8 Å². The molecule has 1 saturated carbocycles. The molecule has 1 atom stereocenters. The van der Waals surface area contributed by atoms with E-state index >= 15 is 0 Å². The van der Waals surface area contributed by atoms with Crippen LogP contribution in [0.25, 0.3) is 22.5 Å². The number of anilines is 1. The number of ketones is 1. The topological polar surface area (TPSA) is 205 Å². The maximum atomic E-state index is 14.9. The Morgan fingerprint density at radius 1 is 0.813 bits per heavy atom. The fourth-order valence-corrected chi connectivity index (χ4v) is 9.27. The van der Waals surface area contributed by atoms with Crippen molar-refractivity contribution in [1.82, 2.24) is 35.6 Å². The zero-order chi connectivity index (χ0) is 55.2. The van der Waals surface area contributed by atoms with Gasteiger partial charge in [-0.2, -0.15) is 22.7 Å².